The molecule has 15 heteroatoms. The average Bonchev–Trinajstić information content (AvgIpc) is 2.96. The third-order valence-corrected chi connectivity index (χ3v) is 9.83. The van der Waals surface area contributed by atoms with Crippen molar-refractivity contribution in [3.63, 3.8) is 0 Å². The van der Waals surface area contributed by atoms with Crippen molar-refractivity contribution in [1.82, 2.24) is 9.80 Å². The van der Waals surface area contributed by atoms with Crippen LogP contribution in [0.1, 0.15) is 78.4 Å². The second-order valence-electron chi connectivity index (χ2n) is 14.0. The number of hydrogen-bond donors (Lipinski definition) is 1. The Morgan fingerprint density at radius 1 is 0.673 bits per heavy atom. The van der Waals surface area contributed by atoms with Gasteiger partial charge in [-0.3, -0.25) is 4.18 Å². The van der Waals surface area contributed by atoms with Crippen LogP contribution in [0.4, 0.5) is 9.59 Å². The van der Waals surface area contributed by atoms with Crippen LogP contribution in [0.5, 0.6) is 0 Å². The first-order valence-corrected chi connectivity index (χ1v) is 19.8. The number of rotatable bonds is 4. The van der Waals surface area contributed by atoms with Crippen LogP contribution in [0.3, 0.4) is 0 Å². The molecule has 0 saturated carbocycles. The minimum absolute atomic E-state index is 0.143. The lowest BCUT2D eigenvalue weighted by Crippen LogP contribution is -2.43. The van der Waals surface area contributed by atoms with Gasteiger partial charge in [0, 0.05) is 36.9 Å². The molecule has 2 heterocycles. The summed E-state index contributed by atoms with van der Waals surface area (Å²) in [5.41, 5.74) is 1.01. The zero-order valence-corrected chi connectivity index (χ0v) is 32.0. The Labute approximate surface area is 296 Å². The van der Waals surface area contributed by atoms with Gasteiger partial charge >= 0.3 is 12.2 Å². The zero-order valence-electron chi connectivity index (χ0n) is 29.6. The van der Waals surface area contributed by atoms with Gasteiger partial charge in [0.05, 0.1) is 22.0 Å². The van der Waals surface area contributed by atoms with Crippen molar-refractivity contribution in [2.75, 3.05) is 26.2 Å². The summed E-state index contributed by atoms with van der Waals surface area (Å²) >= 11 is 0. The summed E-state index contributed by atoms with van der Waals surface area (Å²) in [6.45, 7) is 16.8. The number of ether oxygens (including phenoxy) is 2. The lowest BCUT2D eigenvalue weighted by Gasteiger charge is -2.33. The van der Waals surface area contributed by atoms with Crippen molar-refractivity contribution < 1.29 is 45.2 Å². The summed E-state index contributed by atoms with van der Waals surface area (Å²) in [6, 6.07) is 12.9. The number of aliphatic hydroxyl groups is 1. The van der Waals surface area contributed by atoms with Gasteiger partial charge < -0.3 is 24.4 Å². The van der Waals surface area contributed by atoms with E-state index in [4.69, 9.17) is 24.3 Å². The highest BCUT2D eigenvalue weighted by Gasteiger charge is 2.30. The maximum absolute atomic E-state index is 12.3. The molecule has 1 N–H and O–H groups in total. The molecule has 0 spiro atoms. The lowest BCUT2D eigenvalue weighted by molar-refractivity contribution is 0.00962. The predicted molar refractivity (Wildman–Crippen MR) is 188 cm³/mol. The van der Waals surface area contributed by atoms with E-state index in [-0.39, 0.29) is 28.1 Å². The Morgan fingerprint density at radius 2 is 1.02 bits per heavy atom. The summed E-state index contributed by atoms with van der Waals surface area (Å²) < 4.78 is 61.9. The van der Waals surface area contributed by atoms with E-state index in [1.165, 1.54) is 12.1 Å². The van der Waals surface area contributed by atoms with Crippen molar-refractivity contribution in [1.29, 1.82) is 0 Å². The maximum Gasteiger partial charge on any atom is 0.410 e. The van der Waals surface area contributed by atoms with Gasteiger partial charge in [-0.25, -0.2) is 18.0 Å². The van der Waals surface area contributed by atoms with Crippen LogP contribution in [-0.2, 0) is 32.8 Å². The van der Waals surface area contributed by atoms with E-state index < -0.39 is 36.5 Å². The fourth-order valence-electron chi connectivity index (χ4n) is 4.48. The molecular weight excluding hydrogens is 696 g/mol. The number of halogens is 1. The molecular formula is C34H51ClN2O10S2. The molecule has 12 nitrogen and oxygen atoms in total. The van der Waals surface area contributed by atoms with Gasteiger partial charge in [0.2, 0.25) is 0 Å². The fourth-order valence-corrected chi connectivity index (χ4v) is 6.38. The molecule has 49 heavy (non-hydrogen) atoms. The van der Waals surface area contributed by atoms with Crippen molar-refractivity contribution in [3.8, 4) is 0 Å². The number of piperidine rings is 2. The summed E-state index contributed by atoms with van der Waals surface area (Å²) in [4.78, 5) is 27.1. The number of nitrogens with zero attached hydrogens (tertiary/aromatic N) is 2. The maximum atomic E-state index is 12.3. The third kappa shape index (κ3) is 16.1. The number of benzene rings is 2. The number of amides is 2. The number of aliphatic hydroxyl groups excluding tert-OH is 1. The highest BCUT2D eigenvalue weighted by atomic mass is 35.7. The van der Waals surface area contributed by atoms with E-state index >= 15 is 0 Å². The van der Waals surface area contributed by atoms with E-state index in [1.807, 2.05) is 55.4 Å². The molecule has 276 valence electrons. The SMILES string of the molecule is CC(C)(C)OC(=O)N1CCC(O)CC1.Cc1ccc(S(=O)(=O)Cl)cc1.Cc1ccc(S(=O)(=O)OC2CCN(C(=O)OC(C)(C)C)CC2)cc1. The Morgan fingerprint density at radius 3 is 1.37 bits per heavy atom. The molecule has 0 atom stereocenters. The molecule has 0 radical (unpaired) electrons. The van der Waals surface area contributed by atoms with E-state index in [0.29, 0.717) is 51.9 Å². The minimum atomic E-state index is -3.78. The number of carbonyl (C=O) groups is 2. The predicted octanol–water partition coefficient (Wildman–Crippen LogP) is 6.40. The van der Waals surface area contributed by atoms with Crippen LogP contribution in [0.15, 0.2) is 58.3 Å². The first kappa shape index (κ1) is 42.3. The smallest absolute Gasteiger partial charge is 0.410 e. The number of hydrogen-bond acceptors (Lipinski definition) is 10. The van der Waals surface area contributed by atoms with E-state index in [2.05, 4.69) is 0 Å². The van der Waals surface area contributed by atoms with E-state index in [0.717, 1.165) is 11.1 Å². The molecule has 2 aliphatic rings. The largest absolute Gasteiger partial charge is 0.444 e. The van der Waals surface area contributed by atoms with Gasteiger partial charge in [0.25, 0.3) is 19.2 Å². The molecule has 0 unspecified atom stereocenters. The normalized spacial score (nSPS) is 16.4. The third-order valence-electron chi connectivity index (χ3n) is 7.08. The number of aryl methyl sites for hydroxylation is 2. The number of likely N-dealkylation sites (tertiary alicyclic amines) is 2. The van der Waals surface area contributed by atoms with E-state index in [9.17, 15) is 31.5 Å². The monoisotopic (exact) mass is 746 g/mol. The first-order valence-electron chi connectivity index (χ1n) is 16.1. The molecule has 2 aliphatic heterocycles. The van der Waals surface area contributed by atoms with Crippen LogP contribution in [-0.4, -0.2) is 93.5 Å². The highest BCUT2D eigenvalue weighted by molar-refractivity contribution is 8.13. The molecule has 2 fully saturated rings. The van der Waals surface area contributed by atoms with Crippen molar-refractivity contribution >= 4 is 42.0 Å². The molecule has 2 aromatic carbocycles. The average molecular weight is 747 g/mol. The molecule has 0 aliphatic carbocycles. The minimum Gasteiger partial charge on any atom is -0.444 e. The molecule has 0 aromatic heterocycles. The van der Waals surface area contributed by atoms with Gasteiger partial charge in [-0.1, -0.05) is 35.4 Å². The summed E-state index contributed by atoms with van der Waals surface area (Å²) in [5.74, 6) is 0. The molecule has 2 aromatic rings. The Hall–Kier alpha value is -2.91. The Bertz CT molecular complexity index is 1570. The quantitative estimate of drug-likeness (QED) is 0.274. The van der Waals surface area contributed by atoms with E-state index in [1.54, 1.807) is 46.2 Å². The van der Waals surface area contributed by atoms with Crippen LogP contribution in [0, 0.1) is 13.8 Å². The highest BCUT2D eigenvalue weighted by Crippen LogP contribution is 2.22. The topological polar surface area (TPSA) is 157 Å². The van der Waals surface area contributed by atoms with Gasteiger partial charge in [-0.05, 0) is 105 Å². The Balaban J connectivity index is 0.000000282. The van der Waals surface area contributed by atoms with Crippen LogP contribution in [0.2, 0.25) is 0 Å². The molecule has 2 saturated heterocycles. The zero-order chi connectivity index (χ0) is 37.2. The van der Waals surface area contributed by atoms with Crippen molar-refractivity contribution in [2.45, 2.75) is 114 Å². The summed E-state index contributed by atoms with van der Waals surface area (Å²) in [5, 5.41) is 9.26. The molecule has 4 rings (SSSR count). The Kier molecular flexibility index (Phi) is 15.4. The second-order valence-corrected chi connectivity index (χ2v) is 18.1. The molecule has 0 bridgehead atoms. The van der Waals surface area contributed by atoms with Crippen molar-refractivity contribution in [3.05, 3.63) is 59.7 Å². The summed E-state index contributed by atoms with van der Waals surface area (Å²) in [6.07, 6.45) is 0.906. The fraction of sp³-hybridized carbons (Fsp3) is 0.588. The summed E-state index contributed by atoms with van der Waals surface area (Å²) in [7, 11) is -2.24. The van der Waals surface area contributed by atoms with Gasteiger partial charge in [-0.2, -0.15) is 8.42 Å². The van der Waals surface area contributed by atoms with Crippen LogP contribution < -0.4 is 0 Å². The van der Waals surface area contributed by atoms with Gasteiger partial charge in [-0.15, -0.1) is 0 Å². The van der Waals surface area contributed by atoms with Gasteiger partial charge in [0.1, 0.15) is 11.2 Å². The number of carbonyl (C=O) groups excluding carboxylic acids is 2. The van der Waals surface area contributed by atoms with Crippen LogP contribution >= 0.6 is 10.7 Å². The second kappa shape index (κ2) is 17.8. The first-order chi connectivity index (χ1) is 22.4. The lowest BCUT2D eigenvalue weighted by atomic mass is 10.1. The van der Waals surface area contributed by atoms with Crippen molar-refractivity contribution in [2.24, 2.45) is 0 Å². The molecule has 2 amide bonds. The van der Waals surface area contributed by atoms with Gasteiger partial charge in [0.15, 0.2) is 0 Å². The standard InChI is InChI=1S/C17H25NO5S.C10H19NO3.C7H7ClO2S/c1-13-5-7-15(8-6-13)24(20,21)23-14-9-11-18(12-10-14)16(19)22-17(2,3)4;1-10(2,3)14-9(13)11-6-4-8(12)5-7-11;1-6-2-4-7(5-3-6)11(8,9)10/h5-8,14H,9-12H2,1-4H3;8,12H,4-7H2,1-3H3;2-5H,1H3. The van der Waals surface area contributed by atoms with Crippen LogP contribution in [0.25, 0.3) is 0 Å².